The molecular weight excluding hydrogens is 364 g/mol. The number of nitrogens with one attached hydrogen (secondary N) is 1. The summed E-state index contributed by atoms with van der Waals surface area (Å²) in [4.78, 5) is 27.5. The first-order valence-corrected chi connectivity index (χ1v) is 8.20. The van der Waals surface area contributed by atoms with E-state index in [0.29, 0.717) is 5.69 Å². The lowest BCUT2D eigenvalue weighted by Gasteiger charge is -2.09. The molecule has 0 saturated heterocycles. The number of alkyl halides is 2. The maximum absolute atomic E-state index is 12.5. The minimum atomic E-state index is -2.73. The Balaban J connectivity index is 1.91. The summed E-state index contributed by atoms with van der Waals surface area (Å²) < 4.78 is 29.8. The van der Waals surface area contributed by atoms with E-state index in [1.54, 1.807) is 24.3 Å². The fraction of sp³-hybridized carbons (Fsp3) is 0.176. The van der Waals surface area contributed by atoms with Crippen molar-refractivity contribution in [2.45, 2.75) is 17.2 Å². The number of pyridine rings is 1. The largest absolute Gasteiger partial charge is 0.452 e. The number of ether oxygens (including phenoxy) is 1. The highest BCUT2D eigenvalue weighted by atomic mass is 32.2. The van der Waals surface area contributed by atoms with Crippen molar-refractivity contribution in [1.82, 2.24) is 4.98 Å². The van der Waals surface area contributed by atoms with Crippen molar-refractivity contribution in [2.75, 3.05) is 11.9 Å². The smallest absolute Gasteiger partial charge is 0.341 e. The Morgan fingerprint density at radius 1 is 1.27 bits per heavy atom. The summed E-state index contributed by atoms with van der Waals surface area (Å²) >= 11 is 0.127. The van der Waals surface area contributed by atoms with E-state index in [-0.39, 0.29) is 28.8 Å². The number of carbonyl (C=O) groups is 2. The van der Waals surface area contributed by atoms with E-state index in [1.807, 2.05) is 6.07 Å². The van der Waals surface area contributed by atoms with E-state index in [0.717, 1.165) is 5.56 Å². The van der Waals surface area contributed by atoms with Gasteiger partial charge in [-0.2, -0.15) is 14.0 Å². The number of carbonyl (C=O) groups excluding carboxylic acids is 2. The molecule has 1 amide bonds. The van der Waals surface area contributed by atoms with Gasteiger partial charge < -0.3 is 10.1 Å². The molecule has 0 aliphatic carbocycles. The minimum absolute atomic E-state index is 0.127. The number of aromatic nitrogens is 1. The second kappa shape index (κ2) is 9.48. The standard InChI is InChI=1S/C17H13F2N3O3S/c18-17(19)26-15-13(2-1-9-21-15)16(24)25-10-14(23)22-12-5-3-11(4-6-12)7-8-20/h1-6,9,17H,7,10H2,(H,22,23). The molecule has 0 saturated carbocycles. The zero-order chi connectivity index (χ0) is 18.9. The number of thioether (sulfide) groups is 1. The van der Waals surface area contributed by atoms with Crippen LogP contribution in [0, 0.1) is 11.3 Å². The summed E-state index contributed by atoms with van der Waals surface area (Å²) in [5.74, 6) is -4.23. The van der Waals surface area contributed by atoms with Crippen LogP contribution in [0.5, 0.6) is 0 Å². The number of nitrogens with zero attached hydrogens (tertiary/aromatic N) is 2. The average Bonchev–Trinajstić information content (AvgIpc) is 2.61. The Kier molecular flexibility index (Phi) is 7.05. The van der Waals surface area contributed by atoms with Crippen LogP contribution in [0.15, 0.2) is 47.6 Å². The second-order valence-corrected chi connectivity index (χ2v) is 5.87. The molecule has 6 nitrogen and oxygen atoms in total. The van der Waals surface area contributed by atoms with Gasteiger partial charge in [-0.15, -0.1) is 0 Å². The molecule has 26 heavy (non-hydrogen) atoms. The second-order valence-electron chi connectivity index (χ2n) is 4.89. The van der Waals surface area contributed by atoms with Crippen LogP contribution in [0.3, 0.4) is 0 Å². The molecule has 1 heterocycles. The summed E-state index contributed by atoms with van der Waals surface area (Å²) in [6.07, 6.45) is 1.54. The minimum Gasteiger partial charge on any atom is -0.452 e. The first kappa shape index (κ1) is 19.3. The number of benzene rings is 1. The van der Waals surface area contributed by atoms with E-state index < -0.39 is 24.2 Å². The number of esters is 1. The monoisotopic (exact) mass is 377 g/mol. The highest BCUT2D eigenvalue weighted by molar-refractivity contribution is 7.99. The van der Waals surface area contributed by atoms with Crippen LogP contribution < -0.4 is 5.32 Å². The van der Waals surface area contributed by atoms with Crippen molar-refractivity contribution in [3.05, 3.63) is 53.7 Å². The predicted molar refractivity (Wildman–Crippen MR) is 90.8 cm³/mol. The highest BCUT2D eigenvalue weighted by Crippen LogP contribution is 2.26. The van der Waals surface area contributed by atoms with Crippen LogP contribution >= 0.6 is 11.8 Å². The van der Waals surface area contributed by atoms with Crippen LogP contribution in [0.2, 0.25) is 0 Å². The normalized spacial score (nSPS) is 10.2. The molecule has 1 aromatic heterocycles. The van der Waals surface area contributed by atoms with Crippen molar-refractivity contribution < 1.29 is 23.1 Å². The molecule has 2 aromatic rings. The van der Waals surface area contributed by atoms with Crippen LogP contribution in [0.1, 0.15) is 15.9 Å². The molecule has 0 bridgehead atoms. The summed E-state index contributed by atoms with van der Waals surface area (Å²) in [5, 5.41) is 11.0. The van der Waals surface area contributed by atoms with Gasteiger partial charge in [-0.05, 0) is 41.6 Å². The lowest BCUT2D eigenvalue weighted by Crippen LogP contribution is -2.21. The molecule has 1 N–H and O–H groups in total. The first-order chi connectivity index (χ1) is 12.5. The quantitative estimate of drug-likeness (QED) is 0.588. The maximum Gasteiger partial charge on any atom is 0.341 e. The fourth-order valence-electron chi connectivity index (χ4n) is 1.93. The van der Waals surface area contributed by atoms with Crippen molar-refractivity contribution >= 4 is 29.3 Å². The van der Waals surface area contributed by atoms with E-state index in [1.165, 1.54) is 18.3 Å². The lowest BCUT2D eigenvalue weighted by molar-refractivity contribution is -0.119. The Morgan fingerprint density at radius 2 is 2.00 bits per heavy atom. The first-order valence-electron chi connectivity index (χ1n) is 7.32. The molecule has 0 unspecified atom stereocenters. The number of hydrogen-bond donors (Lipinski definition) is 1. The van der Waals surface area contributed by atoms with Gasteiger partial charge in [0.05, 0.1) is 18.1 Å². The van der Waals surface area contributed by atoms with Gasteiger partial charge in [-0.3, -0.25) is 4.79 Å². The van der Waals surface area contributed by atoms with Gasteiger partial charge in [0.15, 0.2) is 6.61 Å². The van der Waals surface area contributed by atoms with Gasteiger partial charge in [-0.25, -0.2) is 9.78 Å². The third kappa shape index (κ3) is 5.82. The van der Waals surface area contributed by atoms with Crippen LogP contribution in [0.25, 0.3) is 0 Å². The Morgan fingerprint density at radius 3 is 2.65 bits per heavy atom. The van der Waals surface area contributed by atoms with Crippen LogP contribution in [-0.2, 0) is 16.0 Å². The van der Waals surface area contributed by atoms with Gasteiger partial charge in [0.1, 0.15) is 5.03 Å². The molecule has 1 aromatic carbocycles. The van der Waals surface area contributed by atoms with E-state index >= 15 is 0 Å². The van der Waals surface area contributed by atoms with Gasteiger partial charge in [0, 0.05) is 11.9 Å². The van der Waals surface area contributed by atoms with E-state index in [4.69, 9.17) is 10.00 Å². The zero-order valence-electron chi connectivity index (χ0n) is 13.3. The molecule has 0 fully saturated rings. The summed E-state index contributed by atoms with van der Waals surface area (Å²) in [5.41, 5.74) is 1.15. The van der Waals surface area contributed by atoms with Crippen molar-refractivity contribution in [1.29, 1.82) is 5.26 Å². The number of amides is 1. The maximum atomic E-state index is 12.5. The topological polar surface area (TPSA) is 92.1 Å². The predicted octanol–water partition coefficient (Wildman–Crippen LogP) is 3.26. The summed E-state index contributed by atoms with van der Waals surface area (Å²) in [7, 11) is 0. The van der Waals surface area contributed by atoms with Gasteiger partial charge in [-0.1, -0.05) is 12.1 Å². The Bertz CT molecular complexity index is 823. The number of anilines is 1. The van der Waals surface area contributed by atoms with Gasteiger partial charge in [0.2, 0.25) is 0 Å². The number of halogens is 2. The fourth-order valence-corrected chi connectivity index (χ4v) is 2.50. The molecule has 9 heteroatoms. The van der Waals surface area contributed by atoms with Gasteiger partial charge in [0.25, 0.3) is 11.7 Å². The highest BCUT2D eigenvalue weighted by Gasteiger charge is 2.18. The van der Waals surface area contributed by atoms with Gasteiger partial charge >= 0.3 is 5.97 Å². The molecular formula is C17H13F2N3O3S. The number of hydrogen-bond acceptors (Lipinski definition) is 6. The van der Waals surface area contributed by atoms with E-state index in [2.05, 4.69) is 10.3 Å². The molecule has 2 rings (SSSR count). The Hall–Kier alpha value is -2.99. The zero-order valence-corrected chi connectivity index (χ0v) is 14.1. The number of rotatable bonds is 7. The summed E-state index contributed by atoms with van der Waals surface area (Å²) in [6.45, 7) is -0.577. The van der Waals surface area contributed by atoms with Crippen LogP contribution in [0.4, 0.5) is 14.5 Å². The van der Waals surface area contributed by atoms with E-state index in [9.17, 15) is 18.4 Å². The molecule has 0 aliphatic rings. The van der Waals surface area contributed by atoms with Crippen molar-refractivity contribution in [2.24, 2.45) is 0 Å². The molecule has 0 aliphatic heterocycles. The lowest BCUT2D eigenvalue weighted by atomic mass is 10.1. The summed E-state index contributed by atoms with van der Waals surface area (Å²) in [6, 6.07) is 11.3. The Labute approximate surface area is 152 Å². The van der Waals surface area contributed by atoms with Crippen LogP contribution in [-0.4, -0.2) is 29.2 Å². The SMILES string of the molecule is N#CCc1ccc(NC(=O)COC(=O)c2cccnc2SC(F)F)cc1. The average molecular weight is 377 g/mol. The number of nitriles is 1. The van der Waals surface area contributed by atoms with Crippen molar-refractivity contribution in [3.63, 3.8) is 0 Å². The molecule has 0 radical (unpaired) electrons. The third-order valence-electron chi connectivity index (χ3n) is 3.05. The molecule has 0 spiro atoms. The van der Waals surface area contributed by atoms with Crippen molar-refractivity contribution in [3.8, 4) is 6.07 Å². The molecule has 0 atom stereocenters. The third-order valence-corrected chi connectivity index (χ3v) is 3.77. The molecule has 134 valence electrons.